The summed E-state index contributed by atoms with van der Waals surface area (Å²) in [6.45, 7) is 1.09. The van der Waals surface area contributed by atoms with Gasteiger partial charge in [-0.25, -0.2) is 0 Å². The van der Waals surface area contributed by atoms with Crippen molar-refractivity contribution in [2.24, 2.45) is 0 Å². The molecule has 0 atom stereocenters. The number of carbonyl (C=O) groups excluding carboxylic acids is 1. The van der Waals surface area contributed by atoms with Gasteiger partial charge in [-0.3, -0.25) is 4.79 Å². The number of alkyl halides is 6. The molecular weight excluding hydrogens is 290 g/mol. The molecule has 0 aliphatic rings. The molecule has 2 nitrogen and oxygen atoms in total. The molecule has 8 heteroatoms. The largest absolute Gasteiger partial charge is 0.453 e. The van der Waals surface area contributed by atoms with Gasteiger partial charge in [-0.2, -0.15) is 26.3 Å². The second-order valence-corrected chi connectivity index (χ2v) is 4.10. The lowest BCUT2D eigenvalue weighted by molar-refractivity contribution is -0.161. The van der Waals surface area contributed by atoms with Crippen molar-refractivity contribution in [1.29, 1.82) is 0 Å². The third-order valence-electron chi connectivity index (χ3n) is 2.61. The Kier molecular flexibility index (Phi) is 3.07. The van der Waals surface area contributed by atoms with Crippen LogP contribution in [0.15, 0.2) is 22.6 Å². The van der Waals surface area contributed by atoms with Crippen molar-refractivity contribution in [3.63, 3.8) is 0 Å². The number of halogens is 6. The molecular formula is C12H6F6O2. The van der Waals surface area contributed by atoms with Gasteiger partial charge in [-0.1, -0.05) is 0 Å². The standard InChI is InChI=1S/C12H6F6O2/c1-5(19)9-3-6-2-7(11(13,14)15)8(12(16,17)18)4-10(6)20-9/h2-4H,1H3. The summed E-state index contributed by atoms with van der Waals surface area (Å²) in [6, 6.07) is 1.56. The molecule has 0 saturated heterocycles. The van der Waals surface area contributed by atoms with Crippen LogP contribution in [0.5, 0.6) is 0 Å². The van der Waals surface area contributed by atoms with E-state index in [1.54, 1.807) is 0 Å². The smallest absolute Gasteiger partial charge is 0.417 e. The molecule has 0 aliphatic carbocycles. The third kappa shape index (κ3) is 2.50. The van der Waals surface area contributed by atoms with Crippen LogP contribution < -0.4 is 0 Å². The summed E-state index contributed by atoms with van der Waals surface area (Å²) in [4.78, 5) is 11.0. The summed E-state index contributed by atoms with van der Waals surface area (Å²) in [7, 11) is 0. The van der Waals surface area contributed by atoms with E-state index in [0.29, 0.717) is 6.07 Å². The predicted octanol–water partition coefficient (Wildman–Crippen LogP) is 4.67. The monoisotopic (exact) mass is 296 g/mol. The molecule has 0 unspecified atom stereocenters. The number of carbonyl (C=O) groups is 1. The van der Waals surface area contributed by atoms with E-state index in [2.05, 4.69) is 0 Å². The van der Waals surface area contributed by atoms with Gasteiger partial charge in [-0.15, -0.1) is 0 Å². The minimum absolute atomic E-state index is 0.212. The molecule has 2 rings (SSSR count). The number of hydrogen-bond donors (Lipinski definition) is 0. The maximum atomic E-state index is 12.7. The highest BCUT2D eigenvalue weighted by Crippen LogP contribution is 2.42. The minimum Gasteiger partial charge on any atom is -0.453 e. The molecule has 1 heterocycles. The summed E-state index contributed by atoms with van der Waals surface area (Å²) < 4.78 is 80.8. The van der Waals surface area contributed by atoms with Crippen LogP contribution >= 0.6 is 0 Å². The summed E-state index contributed by atoms with van der Waals surface area (Å²) in [5.74, 6) is -0.893. The lowest BCUT2D eigenvalue weighted by atomic mass is 10.0. The lowest BCUT2D eigenvalue weighted by Crippen LogP contribution is -2.16. The summed E-state index contributed by atoms with van der Waals surface area (Å²) in [5.41, 5.74) is -4.08. The average Bonchev–Trinajstić information content (AvgIpc) is 2.67. The Morgan fingerprint density at radius 1 is 0.950 bits per heavy atom. The zero-order valence-electron chi connectivity index (χ0n) is 9.82. The second-order valence-electron chi connectivity index (χ2n) is 4.10. The number of hydrogen-bond acceptors (Lipinski definition) is 2. The fraction of sp³-hybridized carbons (Fsp3) is 0.250. The van der Waals surface area contributed by atoms with Gasteiger partial charge in [0, 0.05) is 12.3 Å². The molecule has 0 radical (unpaired) electrons. The number of ketones is 1. The van der Waals surface area contributed by atoms with Crippen LogP contribution in [-0.2, 0) is 12.4 Å². The first-order valence-electron chi connectivity index (χ1n) is 5.23. The Bertz CT molecular complexity index is 627. The van der Waals surface area contributed by atoms with E-state index in [1.165, 1.54) is 0 Å². The predicted molar refractivity (Wildman–Crippen MR) is 56.2 cm³/mol. The van der Waals surface area contributed by atoms with Crippen molar-refractivity contribution in [1.82, 2.24) is 0 Å². The number of Topliss-reactive ketones (excluding diaryl/α,β-unsaturated/α-hetero) is 1. The highest BCUT2D eigenvalue weighted by Gasteiger charge is 2.43. The van der Waals surface area contributed by atoms with E-state index in [-0.39, 0.29) is 17.2 Å². The third-order valence-corrected chi connectivity index (χ3v) is 2.61. The van der Waals surface area contributed by atoms with E-state index < -0.39 is 34.8 Å². The number of rotatable bonds is 1. The molecule has 0 amide bonds. The van der Waals surface area contributed by atoms with Gasteiger partial charge in [-0.05, 0) is 18.2 Å². The van der Waals surface area contributed by atoms with E-state index in [9.17, 15) is 31.1 Å². The van der Waals surface area contributed by atoms with Gasteiger partial charge in [0.15, 0.2) is 11.5 Å². The zero-order chi connectivity index (χ0) is 15.3. The van der Waals surface area contributed by atoms with Crippen molar-refractivity contribution in [2.75, 3.05) is 0 Å². The van der Waals surface area contributed by atoms with Crippen LogP contribution in [0.3, 0.4) is 0 Å². The summed E-state index contributed by atoms with van der Waals surface area (Å²) in [5, 5.41) is -0.212. The van der Waals surface area contributed by atoms with E-state index in [1.807, 2.05) is 0 Å². The molecule has 0 bridgehead atoms. The van der Waals surface area contributed by atoms with Crippen molar-refractivity contribution >= 4 is 16.8 Å². The van der Waals surface area contributed by atoms with Gasteiger partial charge in [0.25, 0.3) is 0 Å². The van der Waals surface area contributed by atoms with Crippen molar-refractivity contribution < 1.29 is 35.6 Å². The summed E-state index contributed by atoms with van der Waals surface area (Å²) >= 11 is 0. The first kappa shape index (κ1) is 14.4. The maximum Gasteiger partial charge on any atom is 0.417 e. The molecule has 0 N–H and O–H groups in total. The normalized spacial score (nSPS) is 12.9. The molecule has 0 spiro atoms. The maximum absolute atomic E-state index is 12.7. The zero-order valence-corrected chi connectivity index (χ0v) is 9.82. The Labute approximate surface area is 108 Å². The Hall–Kier alpha value is -1.99. The Morgan fingerprint density at radius 2 is 1.45 bits per heavy atom. The van der Waals surface area contributed by atoms with Gasteiger partial charge in [0.05, 0.1) is 11.1 Å². The van der Waals surface area contributed by atoms with Gasteiger partial charge in [0.2, 0.25) is 0 Å². The van der Waals surface area contributed by atoms with Crippen LogP contribution in [0.2, 0.25) is 0 Å². The molecule has 0 aliphatic heterocycles. The van der Waals surface area contributed by atoms with Gasteiger partial charge >= 0.3 is 12.4 Å². The first-order chi connectivity index (χ1) is 9.00. The fourth-order valence-corrected chi connectivity index (χ4v) is 1.73. The van der Waals surface area contributed by atoms with Crippen LogP contribution in [0, 0.1) is 0 Å². The highest BCUT2D eigenvalue weighted by atomic mass is 19.4. The van der Waals surface area contributed by atoms with Crippen LogP contribution in [-0.4, -0.2) is 5.78 Å². The van der Waals surface area contributed by atoms with Crippen LogP contribution in [0.4, 0.5) is 26.3 Å². The topological polar surface area (TPSA) is 30.2 Å². The molecule has 1 aromatic carbocycles. The van der Waals surface area contributed by atoms with Crippen LogP contribution in [0.25, 0.3) is 11.0 Å². The Balaban J connectivity index is 2.78. The fourth-order valence-electron chi connectivity index (χ4n) is 1.73. The summed E-state index contributed by atoms with van der Waals surface area (Å²) in [6.07, 6.45) is -10.3. The van der Waals surface area contributed by atoms with Crippen LogP contribution in [0.1, 0.15) is 28.6 Å². The van der Waals surface area contributed by atoms with Crippen molar-refractivity contribution in [2.45, 2.75) is 19.3 Å². The highest BCUT2D eigenvalue weighted by molar-refractivity contribution is 5.96. The van der Waals surface area contributed by atoms with Crippen molar-refractivity contribution in [3.05, 3.63) is 35.1 Å². The van der Waals surface area contributed by atoms with E-state index >= 15 is 0 Å². The second kappa shape index (κ2) is 4.26. The van der Waals surface area contributed by atoms with Gasteiger partial charge in [0.1, 0.15) is 5.58 Å². The molecule has 2 aromatic rings. The number of furan rings is 1. The van der Waals surface area contributed by atoms with Crippen molar-refractivity contribution in [3.8, 4) is 0 Å². The van der Waals surface area contributed by atoms with E-state index in [0.717, 1.165) is 13.0 Å². The number of benzene rings is 1. The molecule has 20 heavy (non-hydrogen) atoms. The lowest BCUT2D eigenvalue weighted by Gasteiger charge is -2.15. The molecule has 0 fully saturated rings. The first-order valence-corrected chi connectivity index (χ1v) is 5.23. The Morgan fingerprint density at radius 3 is 1.90 bits per heavy atom. The average molecular weight is 296 g/mol. The molecule has 1 aromatic heterocycles. The molecule has 0 saturated carbocycles. The molecule has 108 valence electrons. The minimum atomic E-state index is -5.18. The number of fused-ring (bicyclic) bond motifs is 1. The van der Waals surface area contributed by atoms with E-state index in [4.69, 9.17) is 4.42 Å². The van der Waals surface area contributed by atoms with Gasteiger partial charge < -0.3 is 4.42 Å². The SMILES string of the molecule is CC(=O)c1cc2cc(C(F)(F)F)c(C(F)(F)F)cc2o1. The quantitative estimate of drug-likeness (QED) is 0.565.